The molecule has 1 atom stereocenters. The molecule has 2 aromatic carbocycles. The highest BCUT2D eigenvalue weighted by atomic mass is 16.5. The summed E-state index contributed by atoms with van der Waals surface area (Å²) in [7, 11) is 3.17. The summed E-state index contributed by atoms with van der Waals surface area (Å²) in [5.41, 5.74) is 1.93. The second-order valence-corrected chi connectivity index (χ2v) is 5.46. The number of nitrogens with one attached hydrogen (secondary N) is 1. The Labute approximate surface area is 142 Å². The second kappa shape index (κ2) is 8.24. The fourth-order valence-corrected chi connectivity index (χ4v) is 2.35. The van der Waals surface area contributed by atoms with Crippen LogP contribution in [0.25, 0.3) is 0 Å². The minimum Gasteiger partial charge on any atom is -0.493 e. The quantitative estimate of drug-likeness (QED) is 0.847. The van der Waals surface area contributed by atoms with Crippen LogP contribution in [0.5, 0.6) is 17.2 Å². The number of ether oxygens (including phenoxy) is 3. The van der Waals surface area contributed by atoms with Crippen LogP contribution in [0.4, 0.5) is 0 Å². The molecule has 5 nitrogen and oxygen atoms in total. The van der Waals surface area contributed by atoms with E-state index in [0.29, 0.717) is 17.2 Å². The van der Waals surface area contributed by atoms with Crippen molar-refractivity contribution in [1.82, 2.24) is 5.32 Å². The van der Waals surface area contributed by atoms with Crippen molar-refractivity contribution in [3.8, 4) is 17.2 Å². The Morgan fingerprint density at radius 1 is 1.04 bits per heavy atom. The van der Waals surface area contributed by atoms with Crippen LogP contribution in [0.15, 0.2) is 42.5 Å². The lowest BCUT2D eigenvalue weighted by molar-refractivity contribution is -0.123. The van der Waals surface area contributed by atoms with E-state index >= 15 is 0 Å². The molecule has 0 fully saturated rings. The van der Waals surface area contributed by atoms with E-state index in [2.05, 4.69) is 5.32 Å². The summed E-state index contributed by atoms with van der Waals surface area (Å²) >= 11 is 0. The minimum absolute atomic E-state index is 0.0253. The van der Waals surface area contributed by atoms with Crippen molar-refractivity contribution in [3.05, 3.63) is 53.6 Å². The fraction of sp³-hybridized carbons (Fsp3) is 0.316. The lowest BCUT2D eigenvalue weighted by Gasteiger charge is -2.17. The largest absolute Gasteiger partial charge is 0.493 e. The maximum atomic E-state index is 12.1. The monoisotopic (exact) mass is 329 g/mol. The molecule has 0 aromatic heterocycles. The number of rotatable bonds is 7. The number of para-hydroxylation sites is 1. The predicted octanol–water partition coefficient (Wildman–Crippen LogP) is 3.27. The van der Waals surface area contributed by atoms with E-state index in [1.54, 1.807) is 14.2 Å². The third kappa shape index (κ3) is 4.41. The zero-order chi connectivity index (χ0) is 17.5. The molecular formula is C19H23NO4. The molecule has 0 unspecified atom stereocenters. The Morgan fingerprint density at radius 3 is 2.42 bits per heavy atom. The highest BCUT2D eigenvalue weighted by Crippen LogP contribution is 2.29. The van der Waals surface area contributed by atoms with Crippen LogP contribution in [-0.2, 0) is 4.79 Å². The second-order valence-electron chi connectivity index (χ2n) is 5.46. The van der Waals surface area contributed by atoms with Crippen LogP contribution in [0.1, 0.15) is 24.1 Å². The number of hydrogen-bond donors (Lipinski definition) is 1. The van der Waals surface area contributed by atoms with Crippen LogP contribution in [0.2, 0.25) is 0 Å². The first-order valence-electron chi connectivity index (χ1n) is 7.75. The van der Waals surface area contributed by atoms with Gasteiger partial charge in [-0.25, -0.2) is 0 Å². The van der Waals surface area contributed by atoms with Crippen LogP contribution in [0.3, 0.4) is 0 Å². The van der Waals surface area contributed by atoms with Gasteiger partial charge in [0.1, 0.15) is 5.75 Å². The van der Waals surface area contributed by atoms with Crippen molar-refractivity contribution < 1.29 is 19.0 Å². The number of methoxy groups -OCH3 is 2. The number of hydrogen-bond acceptors (Lipinski definition) is 4. The molecule has 2 aromatic rings. The lowest BCUT2D eigenvalue weighted by Crippen LogP contribution is -2.31. The van der Waals surface area contributed by atoms with Gasteiger partial charge in [0.25, 0.3) is 5.91 Å². The smallest absolute Gasteiger partial charge is 0.258 e. The van der Waals surface area contributed by atoms with Gasteiger partial charge in [0, 0.05) is 0 Å². The third-order valence-corrected chi connectivity index (χ3v) is 3.74. The average molecular weight is 329 g/mol. The van der Waals surface area contributed by atoms with Gasteiger partial charge < -0.3 is 19.5 Å². The van der Waals surface area contributed by atoms with Crippen molar-refractivity contribution in [2.75, 3.05) is 20.8 Å². The van der Waals surface area contributed by atoms with Gasteiger partial charge in [-0.15, -0.1) is 0 Å². The summed E-state index contributed by atoms with van der Waals surface area (Å²) in [6, 6.07) is 13.0. The molecule has 0 aliphatic carbocycles. The van der Waals surface area contributed by atoms with Crippen molar-refractivity contribution in [2.45, 2.75) is 19.9 Å². The Morgan fingerprint density at radius 2 is 1.75 bits per heavy atom. The normalized spacial score (nSPS) is 11.5. The molecule has 1 amide bonds. The van der Waals surface area contributed by atoms with E-state index in [0.717, 1.165) is 11.1 Å². The SMILES string of the molecule is COc1ccc([C@@H](C)NC(=O)COc2ccccc2C)cc1OC. The van der Waals surface area contributed by atoms with Crippen LogP contribution < -0.4 is 19.5 Å². The van der Waals surface area contributed by atoms with Crippen molar-refractivity contribution >= 4 is 5.91 Å². The average Bonchev–Trinajstić information content (AvgIpc) is 2.60. The molecule has 24 heavy (non-hydrogen) atoms. The maximum Gasteiger partial charge on any atom is 0.258 e. The molecule has 0 aliphatic heterocycles. The third-order valence-electron chi connectivity index (χ3n) is 3.74. The van der Waals surface area contributed by atoms with Gasteiger partial charge in [0.2, 0.25) is 0 Å². The number of carbonyl (C=O) groups excluding carboxylic acids is 1. The van der Waals surface area contributed by atoms with Gasteiger partial charge in [0.05, 0.1) is 20.3 Å². The summed E-state index contributed by atoms with van der Waals surface area (Å²) in [6.07, 6.45) is 0. The Kier molecular flexibility index (Phi) is 6.07. The van der Waals surface area contributed by atoms with E-state index in [1.807, 2.05) is 56.3 Å². The number of aryl methyl sites for hydroxylation is 1. The molecule has 1 N–H and O–H groups in total. The van der Waals surface area contributed by atoms with E-state index in [1.165, 1.54) is 0 Å². The van der Waals surface area contributed by atoms with Crippen molar-refractivity contribution in [1.29, 1.82) is 0 Å². The van der Waals surface area contributed by atoms with Crippen LogP contribution in [-0.4, -0.2) is 26.7 Å². The van der Waals surface area contributed by atoms with Crippen LogP contribution in [0, 0.1) is 6.92 Å². The highest BCUT2D eigenvalue weighted by Gasteiger charge is 2.13. The van der Waals surface area contributed by atoms with E-state index in [-0.39, 0.29) is 18.6 Å². The first-order valence-corrected chi connectivity index (χ1v) is 7.75. The minimum atomic E-state index is -0.180. The van der Waals surface area contributed by atoms with Crippen LogP contribution >= 0.6 is 0 Å². The summed E-state index contributed by atoms with van der Waals surface area (Å²) in [6.45, 7) is 3.83. The maximum absolute atomic E-state index is 12.1. The predicted molar refractivity (Wildman–Crippen MR) is 92.8 cm³/mol. The van der Waals surface area contributed by atoms with Gasteiger partial charge in [-0.3, -0.25) is 4.79 Å². The first kappa shape index (κ1) is 17.7. The van der Waals surface area contributed by atoms with E-state index in [9.17, 15) is 4.79 Å². The van der Waals surface area contributed by atoms with Crippen molar-refractivity contribution in [2.24, 2.45) is 0 Å². The Hall–Kier alpha value is -2.69. The standard InChI is InChI=1S/C19H23NO4/c1-13-7-5-6-8-16(13)24-12-19(21)20-14(2)15-9-10-17(22-3)18(11-15)23-4/h5-11,14H,12H2,1-4H3,(H,20,21)/t14-/m1/s1. The molecule has 0 saturated heterocycles. The fourth-order valence-electron chi connectivity index (χ4n) is 2.35. The van der Waals surface area contributed by atoms with Gasteiger partial charge in [-0.1, -0.05) is 24.3 Å². The Bertz CT molecular complexity index is 700. The van der Waals surface area contributed by atoms with E-state index in [4.69, 9.17) is 14.2 Å². The topological polar surface area (TPSA) is 56.8 Å². The summed E-state index contributed by atoms with van der Waals surface area (Å²) in [5.74, 6) is 1.82. The summed E-state index contributed by atoms with van der Waals surface area (Å²) < 4.78 is 16.1. The van der Waals surface area contributed by atoms with Gasteiger partial charge in [-0.05, 0) is 43.2 Å². The molecule has 0 bridgehead atoms. The molecule has 128 valence electrons. The molecule has 0 spiro atoms. The molecule has 0 radical (unpaired) electrons. The van der Waals surface area contributed by atoms with Gasteiger partial charge in [-0.2, -0.15) is 0 Å². The zero-order valence-electron chi connectivity index (χ0n) is 14.5. The highest BCUT2D eigenvalue weighted by molar-refractivity contribution is 5.78. The molecule has 0 saturated carbocycles. The zero-order valence-corrected chi connectivity index (χ0v) is 14.5. The lowest BCUT2D eigenvalue weighted by atomic mass is 10.1. The van der Waals surface area contributed by atoms with Gasteiger partial charge in [0.15, 0.2) is 18.1 Å². The summed E-state index contributed by atoms with van der Waals surface area (Å²) in [5, 5.41) is 2.91. The van der Waals surface area contributed by atoms with Gasteiger partial charge >= 0.3 is 0 Å². The Balaban J connectivity index is 1.95. The number of carbonyl (C=O) groups is 1. The summed E-state index contributed by atoms with van der Waals surface area (Å²) in [4.78, 5) is 12.1. The molecular weight excluding hydrogens is 306 g/mol. The molecule has 0 heterocycles. The molecule has 5 heteroatoms. The molecule has 2 rings (SSSR count). The van der Waals surface area contributed by atoms with Crippen molar-refractivity contribution in [3.63, 3.8) is 0 Å². The molecule has 0 aliphatic rings. The van der Waals surface area contributed by atoms with E-state index < -0.39 is 0 Å². The first-order chi connectivity index (χ1) is 11.5. The number of benzene rings is 2. The number of amides is 1.